The molecule has 148 valence electrons. The van der Waals surface area contributed by atoms with Gasteiger partial charge in [0.1, 0.15) is 12.1 Å². The second kappa shape index (κ2) is 6.46. The van der Waals surface area contributed by atoms with Gasteiger partial charge in [0.05, 0.1) is 28.9 Å². The van der Waals surface area contributed by atoms with Crippen LogP contribution in [0.2, 0.25) is 0 Å². The summed E-state index contributed by atoms with van der Waals surface area (Å²) in [6.07, 6.45) is 6.64. The van der Waals surface area contributed by atoms with Gasteiger partial charge in [-0.1, -0.05) is 5.92 Å². The number of terminal acetylenes is 1. The SMILES string of the molecule is C#CCOC(=O)N1C[C@H]2CC1[C@@H]1C(=O)N(c3ccc(C#N)c4ncccc34)C(=O)N21. The molecule has 0 aliphatic carbocycles. The number of carbonyl (C=O) groups excluding carboxylic acids is 3. The lowest BCUT2D eigenvalue weighted by Gasteiger charge is -2.33. The first-order valence-electron chi connectivity index (χ1n) is 9.37. The van der Waals surface area contributed by atoms with Crippen molar-refractivity contribution in [2.24, 2.45) is 0 Å². The first kappa shape index (κ1) is 18.0. The number of aromatic nitrogens is 1. The highest BCUT2D eigenvalue weighted by molar-refractivity contribution is 6.25. The summed E-state index contributed by atoms with van der Waals surface area (Å²) >= 11 is 0. The minimum atomic E-state index is -0.767. The van der Waals surface area contributed by atoms with Crippen LogP contribution in [-0.2, 0) is 9.53 Å². The molecular weight excluding hydrogens is 386 g/mol. The minimum Gasteiger partial charge on any atom is -0.436 e. The average Bonchev–Trinajstić information content (AvgIpc) is 3.43. The van der Waals surface area contributed by atoms with Crippen LogP contribution in [0.3, 0.4) is 0 Å². The number of nitrogens with zero attached hydrogens (tertiary/aromatic N) is 5. The Morgan fingerprint density at radius 1 is 1.33 bits per heavy atom. The minimum absolute atomic E-state index is 0.148. The normalized spacial score (nSPS) is 24.2. The van der Waals surface area contributed by atoms with Crippen molar-refractivity contribution in [3.05, 3.63) is 36.0 Å². The number of ether oxygens (including phenoxy) is 1. The molecule has 9 nitrogen and oxygen atoms in total. The maximum absolute atomic E-state index is 13.3. The highest BCUT2D eigenvalue weighted by atomic mass is 16.6. The molecule has 0 radical (unpaired) electrons. The van der Waals surface area contributed by atoms with Crippen LogP contribution in [-0.4, -0.2) is 64.1 Å². The third kappa shape index (κ3) is 2.29. The Hall–Kier alpha value is -4.11. The lowest BCUT2D eigenvalue weighted by atomic mass is 10.1. The molecule has 1 unspecified atom stereocenters. The number of anilines is 1. The molecule has 9 heteroatoms. The zero-order valence-electron chi connectivity index (χ0n) is 15.7. The molecule has 0 N–H and O–H groups in total. The Labute approximate surface area is 171 Å². The fourth-order valence-electron chi connectivity index (χ4n) is 4.72. The Kier molecular flexibility index (Phi) is 3.87. The van der Waals surface area contributed by atoms with Crippen molar-refractivity contribution in [3.8, 4) is 18.4 Å². The topological polar surface area (TPSA) is 107 Å². The molecule has 3 atom stereocenters. The Morgan fingerprint density at radius 3 is 2.93 bits per heavy atom. The van der Waals surface area contributed by atoms with Crippen molar-refractivity contribution in [3.63, 3.8) is 0 Å². The number of benzene rings is 1. The number of carbonyl (C=O) groups is 3. The fraction of sp³-hybridized carbons (Fsp3) is 0.286. The molecular formula is C21H15N5O4. The van der Waals surface area contributed by atoms with E-state index in [-0.39, 0.29) is 12.6 Å². The van der Waals surface area contributed by atoms with Crippen molar-refractivity contribution >= 4 is 34.6 Å². The third-order valence-electron chi connectivity index (χ3n) is 5.89. The zero-order valence-corrected chi connectivity index (χ0v) is 15.7. The lowest BCUT2D eigenvalue weighted by Crippen LogP contribution is -2.55. The average molecular weight is 401 g/mol. The summed E-state index contributed by atoms with van der Waals surface area (Å²) in [6, 6.07) is 6.71. The summed E-state index contributed by atoms with van der Waals surface area (Å²) in [5.74, 6) is 1.84. The van der Waals surface area contributed by atoms with Crippen LogP contribution >= 0.6 is 0 Å². The molecule has 30 heavy (non-hydrogen) atoms. The van der Waals surface area contributed by atoms with Crippen LogP contribution < -0.4 is 4.90 Å². The predicted octanol–water partition coefficient (Wildman–Crippen LogP) is 1.47. The molecule has 3 saturated heterocycles. The zero-order chi connectivity index (χ0) is 21.0. The number of hydrogen-bond donors (Lipinski definition) is 0. The summed E-state index contributed by atoms with van der Waals surface area (Å²) in [5, 5.41) is 9.88. The van der Waals surface area contributed by atoms with Gasteiger partial charge in [-0.2, -0.15) is 5.26 Å². The van der Waals surface area contributed by atoms with Gasteiger partial charge in [0.15, 0.2) is 6.61 Å². The van der Waals surface area contributed by atoms with Crippen LogP contribution in [0.1, 0.15) is 12.0 Å². The van der Waals surface area contributed by atoms with E-state index in [1.807, 2.05) is 0 Å². The van der Waals surface area contributed by atoms with Gasteiger partial charge in [-0.05, 0) is 30.7 Å². The molecule has 4 amide bonds. The van der Waals surface area contributed by atoms with E-state index >= 15 is 0 Å². The molecule has 4 heterocycles. The molecule has 2 aromatic rings. The van der Waals surface area contributed by atoms with Crippen molar-refractivity contribution in [1.82, 2.24) is 14.8 Å². The first-order valence-corrected chi connectivity index (χ1v) is 9.37. The van der Waals surface area contributed by atoms with Crippen molar-refractivity contribution in [2.75, 3.05) is 18.1 Å². The van der Waals surface area contributed by atoms with E-state index in [1.54, 1.807) is 35.4 Å². The van der Waals surface area contributed by atoms with E-state index in [9.17, 15) is 19.6 Å². The summed E-state index contributed by atoms with van der Waals surface area (Å²) in [5.41, 5.74) is 1.16. The number of likely N-dealkylation sites (tertiary alicyclic amines) is 1. The molecule has 0 spiro atoms. The molecule has 5 rings (SSSR count). The number of pyridine rings is 1. The van der Waals surface area contributed by atoms with Crippen LogP contribution in [0.15, 0.2) is 30.5 Å². The highest BCUT2D eigenvalue weighted by Crippen LogP contribution is 2.43. The molecule has 3 aliphatic rings. The second-order valence-electron chi connectivity index (χ2n) is 7.32. The van der Waals surface area contributed by atoms with Crippen molar-refractivity contribution in [2.45, 2.75) is 24.5 Å². The van der Waals surface area contributed by atoms with Gasteiger partial charge in [-0.15, -0.1) is 6.42 Å². The second-order valence-corrected chi connectivity index (χ2v) is 7.32. The monoisotopic (exact) mass is 401 g/mol. The maximum atomic E-state index is 13.3. The molecule has 1 aromatic carbocycles. The molecule has 3 fully saturated rings. The Morgan fingerprint density at radius 2 is 2.17 bits per heavy atom. The van der Waals surface area contributed by atoms with Crippen molar-refractivity contribution in [1.29, 1.82) is 5.26 Å². The Balaban J connectivity index is 1.52. The summed E-state index contributed by atoms with van der Waals surface area (Å²) in [4.78, 5) is 47.3. The third-order valence-corrected chi connectivity index (χ3v) is 5.89. The van der Waals surface area contributed by atoms with Gasteiger partial charge in [-0.25, -0.2) is 14.5 Å². The van der Waals surface area contributed by atoms with E-state index in [2.05, 4.69) is 17.0 Å². The molecule has 3 aliphatic heterocycles. The number of piperazine rings is 1. The number of imide groups is 1. The van der Waals surface area contributed by atoms with Crippen molar-refractivity contribution < 1.29 is 19.1 Å². The molecule has 1 aromatic heterocycles. The number of rotatable bonds is 2. The van der Waals surface area contributed by atoms with Crippen LogP contribution in [0.4, 0.5) is 15.3 Å². The largest absolute Gasteiger partial charge is 0.436 e. The lowest BCUT2D eigenvalue weighted by molar-refractivity contribution is -0.121. The molecule has 0 saturated carbocycles. The number of urea groups is 1. The van der Waals surface area contributed by atoms with E-state index < -0.39 is 30.1 Å². The summed E-state index contributed by atoms with van der Waals surface area (Å²) in [7, 11) is 0. The first-order chi connectivity index (χ1) is 14.6. The van der Waals surface area contributed by atoms with Gasteiger partial charge in [-0.3, -0.25) is 9.78 Å². The van der Waals surface area contributed by atoms with Gasteiger partial charge < -0.3 is 14.5 Å². The van der Waals surface area contributed by atoms with Gasteiger partial charge in [0.25, 0.3) is 5.91 Å². The highest BCUT2D eigenvalue weighted by Gasteiger charge is 2.63. The van der Waals surface area contributed by atoms with E-state index in [0.717, 1.165) is 4.90 Å². The van der Waals surface area contributed by atoms with E-state index in [1.165, 1.54) is 4.90 Å². The van der Waals surface area contributed by atoms with E-state index in [4.69, 9.17) is 11.2 Å². The number of amides is 4. The van der Waals surface area contributed by atoms with Gasteiger partial charge in [0.2, 0.25) is 0 Å². The standard InChI is InChI=1S/C21H15N5O4/c1-2-8-30-21(29)24-11-13-9-16(24)18-19(27)26(20(28)25(13)18)15-6-5-12(10-22)17-14(15)4-3-7-23-17/h1,3-7,13,16,18H,8-9,11H2/t13-,16?,18-/m1/s1. The number of nitriles is 1. The maximum Gasteiger partial charge on any atom is 0.411 e. The Bertz CT molecular complexity index is 1200. The number of hydrogen-bond acceptors (Lipinski definition) is 6. The summed E-state index contributed by atoms with van der Waals surface area (Å²) in [6.45, 7) is 0.150. The quantitative estimate of drug-likeness (QED) is 0.557. The van der Waals surface area contributed by atoms with Gasteiger partial charge in [0, 0.05) is 18.1 Å². The number of fused-ring (bicyclic) bond motifs is 6. The van der Waals surface area contributed by atoms with Crippen LogP contribution in [0, 0.1) is 23.7 Å². The van der Waals surface area contributed by atoms with Crippen LogP contribution in [0.25, 0.3) is 10.9 Å². The smallest absolute Gasteiger partial charge is 0.411 e. The molecule has 2 bridgehead atoms. The van der Waals surface area contributed by atoms with E-state index in [0.29, 0.717) is 35.1 Å². The van der Waals surface area contributed by atoms with Gasteiger partial charge >= 0.3 is 12.1 Å². The predicted molar refractivity (Wildman–Crippen MR) is 104 cm³/mol. The fourth-order valence-corrected chi connectivity index (χ4v) is 4.72. The van der Waals surface area contributed by atoms with Crippen LogP contribution in [0.5, 0.6) is 0 Å². The summed E-state index contributed by atoms with van der Waals surface area (Å²) < 4.78 is 5.02.